The highest BCUT2D eigenvalue weighted by Gasteiger charge is 2.45. The summed E-state index contributed by atoms with van der Waals surface area (Å²) in [6.07, 6.45) is -1.80. The molecule has 0 amide bonds. The van der Waals surface area contributed by atoms with E-state index in [-0.39, 0.29) is 6.04 Å². The lowest BCUT2D eigenvalue weighted by molar-refractivity contribution is -0.192. The Morgan fingerprint density at radius 3 is 2.40 bits per heavy atom. The molecule has 11 heteroatoms. The van der Waals surface area contributed by atoms with E-state index in [9.17, 15) is 21.6 Å². The van der Waals surface area contributed by atoms with Crippen LogP contribution in [0.3, 0.4) is 0 Å². The average Bonchev–Trinajstić information content (AvgIpc) is 3.16. The topological polar surface area (TPSA) is 77.9 Å². The molecule has 2 saturated heterocycles. The number of nitrogens with zero attached hydrogens (tertiary/aromatic N) is 2. The molecule has 3 rings (SSSR count). The van der Waals surface area contributed by atoms with Gasteiger partial charge in [0.25, 0.3) is 0 Å². The summed E-state index contributed by atoms with van der Waals surface area (Å²) < 4.78 is 56.9. The highest BCUT2D eigenvalue weighted by Crippen LogP contribution is 2.34. The average molecular weight is 400 g/mol. The SMILES string of the molecule is CS(=O)(=O)N1CC[C@@H]2[C@@H]1CCN2Cc1cccs1.O=C(O)C(F)(F)F. The van der Waals surface area contributed by atoms with E-state index >= 15 is 0 Å². The molecular weight excluding hydrogens is 381 g/mol. The Kier molecular flexibility index (Phi) is 6.13. The molecule has 0 saturated carbocycles. The molecule has 0 spiro atoms. The van der Waals surface area contributed by atoms with Gasteiger partial charge in [-0.15, -0.1) is 11.3 Å². The first-order valence-corrected chi connectivity index (χ1v) is 10.3. The molecule has 0 unspecified atom stereocenters. The molecule has 2 fully saturated rings. The van der Waals surface area contributed by atoms with Gasteiger partial charge in [-0.05, 0) is 24.3 Å². The van der Waals surface area contributed by atoms with Crippen LogP contribution in [-0.2, 0) is 21.4 Å². The number of likely N-dealkylation sites (tertiary alicyclic amines) is 1. The van der Waals surface area contributed by atoms with Gasteiger partial charge in [-0.25, -0.2) is 13.2 Å². The fraction of sp³-hybridized carbons (Fsp3) is 0.643. The zero-order valence-corrected chi connectivity index (χ0v) is 15.1. The number of carboxylic acid groups (broad SMARTS) is 1. The number of fused-ring (bicyclic) bond motifs is 1. The zero-order valence-electron chi connectivity index (χ0n) is 13.4. The van der Waals surface area contributed by atoms with E-state index in [1.54, 1.807) is 15.6 Å². The zero-order chi connectivity index (χ0) is 18.8. The molecule has 3 heterocycles. The lowest BCUT2D eigenvalue weighted by Gasteiger charge is -2.24. The Morgan fingerprint density at radius 2 is 1.92 bits per heavy atom. The summed E-state index contributed by atoms with van der Waals surface area (Å²) in [7, 11) is -3.03. The third kappa shape index (κ3) is 5.16. The molecule has 2 aliphatic rings. The van der Waals surface area contributed by atoms with Crippen molar-refractivity contribution >= 4 is 27.3 Å². The van der Waals surface area contributed by atoms with Gasteiger partial charge in [-0.2, -0.15) is 17.5 Å². The molecule has 6 nitrogen and oxygen atoms in total. The molecule has 0 aliphatic carbocycles. The Labute approximate surface area is 147 Å². The minimum atomic E-state index is -5.08. The molecule has 0 radical (unpaired) electrons. The van der Waals surface area contributed by atoms with Gasteiger partial charge in [0.05, 0.1) is 6.26 Å². The van der Waals surface area contributed by atoms with E-state index in [1.165, 1.54) is 11.1 Å². The van der Waals surface area contributed by atoms with Crippen molar-refractivity contribution in [3.05, 3.63) is 22.4 Å². The number of sulfonamides is 1. The molecule has 0 bridgehead atoms. The van der Waals surface area contributed by atoms with Crippen LogP contribution in [-0.4, -0.2) is 66.3 Å². The number of alkyl halides is 3. The van der Waals surface area contributed by atoms with Crippen LogP contribution in [0.5, 0.6) is 0 Å². The van der Waals surface area contributed by atoms with Crippen LogP contribution in [0, 0.1) is 0 Å². The van der Waals surface area contributed by atoms with Crippen molar-refractivity contribution in [1.29, 1.82) is 0 Å². The van der Waals surface area contributed by atoms with Crippen molar-refractivity contribution in [1.82, 2.24) is 9.21 Å². The maximum Gasteiger partial charge on any atom is 0.490 e. The summed E-state index contributed by atoms with van der Waals surface area (Å²) >= 11 is 1.78. The number of halogens is 3. The van der Waals surface area contributed by atoms with Gasteiger partial charge in [-0.3, -0.25) is 4.90 Å². The Morgan fingerprint density at radius 1 is 1.32 bits per heavy atom. The van der Waals surface area contributed by atoms with Crippen LogP contribution in [0.2, 0.25) is 0 Å². The summed E-state index contributed by atoms with van der Waals surface area (Å²) in [5.41, 5.74) is 0. The molecule has 2 atom stereocenters. The third-order valence-electron chi connectivity index (χ3n) is 4.25. The number of rotatable bonds is 3. The highest BCUT2D eigenvalue weighted by molar-refractivity contribution is 7.88. The van der Waals surface area contributed by atoms with Crippen molar-refractivity contribution in [3.8, 4) is 0 Å². The first kappa shape index (κ1) is 20.1. The Bertz CT molecular complexity index is 691. The predicted molar refractivity (Wildman–Crippen MR) is 86.8 cm³/mol. The summed E-state index contributed by atoms with van der Waals surface area (Å²) in [5.74, 6) is -2.76. The molecule has 1 N–H and O–H groups in total. The van der Waals surface area contributed by atoms with E-state index in [1.807, 2.05) is 0 Å². The van der Waals surface area contributed by atoms with Crippen molar-refractivity contribution in [2.24, 2.45) is 0 Å². The maximum atomic E-state index is 11.7. The molecule has 1 aromatic rings. The Balaban J connectivity index is 0.000000277. The minimum Gasteiger partial charge on any atom is -0.475 e. The highest BCUT2D eigenvalue weighted by atomic mass is 32.2. The number of hydrogen-bond acceptors (Lipinski definition) is 5. The van der Waals surface area contributed by atoms with Gasteiger partial charge in [0.2, 0.25) is 10.0 Å². The molecular formula is C14H19F3N2O4S2. The fourth-order valence-corrected chi connectivity index (χ4v) is 5.15. The third-order valence-corrected chi connectivity index (χ3v) is 6.41. The van der Waals surface area contributed by atoms with Gasteiger partial charge < -0.3 is 5.11 Å². The number of carbonyl (C=O) groups is 1. The lowest BCUT2D eigenvalue weighted by atomic mass is 10.1. The van der Waals surface area contributed by atoms with E-state index in [0.717, 1.165) is 25.9 Å². The lowest BCUT2D eigenvalue weighted by Crippen LogP contribution is -2.38. The number of hydrogen-bond donors (Lipinski definition) is 1. The molecule has 2 aliphatic heterocycles. The van der Waals surface area contributed by atoms with Crippen LogP contribution < -0.4 is 0 Å². The number of aliphatic carboxylic acids is 1. The molecule has 1 aromatic heterocycles. The maximum absolute atomic E-state index is 11.7. The van der Waals surface area contributed by atoms with E-state index in [0.29, 0.717) is 12.6 Å². The Hall–Kier alpha value is -1.17. The fourth-order valence-electron chi connectivity index (χ4n) is 3.25. The first-order valence-electron chi connectivity index (χ1n) is 7.53. The first-order chi connectivity index (χ1) is 11.5. The summed E-state index contributed by atoms with van der Waals surface area (Å²) in [6.45, 7) is 2.67. The van der Waals surface area contributed by atoms with Crippen LogP contribution in [0.1, 0.15) is 17.7 Å². The van der Waals surface area contributed by atoms with Gasteiger partial charge in [0, 0.05) is 36.6 Å². The number of carboxylic acids is 1. The van der Waals surface area contributed by atoms with Crippen molar-refractivity contribution in [3.63, 3.8) is 0 Å². The largest absolute Gasteiger partial charge is 0.490 e. The molecule has 0 aromatic carbocycles. The van der Waals surface area contributed by atoms with Gasteiger partial charge in [0.15, 0.2) is 0 Å². The van der Waals surface area contributed by atoms with Crippen molar-refractivity contribution < 1.29 is 31.5 Å². The van der Waals surface area contributed by atoms with Crippen molar-refractivity contribution in [2.75, 3.05) is 19.3 Å². The second-order valence-electron chi connectivity index (χ2n) is 5.94. The number of thiophene rings is 1. The van der Waals surface area contributed by atoms with Gasteiger partial charge in [-0.1, -0.05) is 6.07 Å². The van der Waals surface area contributed by atoms with Crippen LogP contribution in [0.25, 0.3) is 0 Å². The van der Waals surface area contributed by atoms with Crippen LogP contribution in [0.4, 0.5) is 13.2 Å². The van der Waals surface area contributed by atoms with Crippen LogP contribution in [0.15, 0.2) is 17.5 Å². The standard InChI is InChI=1S/C12H18N2O2S2.C2HF3O2/c1-18(15,16)14-7-5-11-12(14)4-6-13(11)9-10-3-2-8-17-10;3-2(4,5)1(6)7/h2-3,8,11-12H,4-7,9H2,1H3;(H,6,7)/t11-,12+;/m1./s1. The van der Waals surface area contributed by atoms with E-state index in [4.69, 9.17) is 9.90 Å². The quantitative estimate of drug-likeness (QED) is 0.840. The second kappa shape index (κ2) is 7.60. The second-order valence-corrected chi connectivity index (χ2v) is 8.91. The monoisotopic (exact) mass is 400 g/mol. The van der Waals surface area contributed by atoms with Gasteiger partial charge >= 0.3 is 12.1 Å². The van der Waals surface area contributed by atoms with Crippen LogP contribution >= 0.6 is 11.3 Å². The smallest absolute Gasteiger partial charge is 0.475 e. The minimum absolute atomic E-state index is 0.208. The predicted octanol–water partition coefficient (Wildman–Crippen LogP) is 1.99. The normalized spacial score (nSPS) is 24.6. The summed E-state index contributed by atoms with van der Waals surface area (Å²) in [5, 5.41) is 9.22. The van der Waals surface area contributed by atoms with Gasteiger partial charge in [0.1, 0.15) is 0 Å². The molecule has 142 valence electrons. The van der Waals surface area contributed by atoms with E-state index in [2.05, 4.69) is 22.4 Å². The molecule has 25 heavy (non-hydrogen) atoms. The summed E-state index contributed by atoms with van der Waals surface area (Å²) in [6, 6.07) is 4.86. The summed E-state index contributed by atoms with van der Waals surface area (Å²) in [4.78, 5) is 12.7. The van der Waals surface area contributed by atoms with Crippen molar-refractivity contribution in [2.45, 2.75) is 37.6 Å². The van der Waals surface area contributed by atoms with E-state index < -0.39 is 22.2 Å².